The summed E-state index contributed by atoms with van der Waals surface area (Å²) in [4.78, 5) is 21.4. The molecule has 12 heavy (non-hydrogen) atoms. The van der Waals surface area contributed by atoms with E-state index < -0.39 is 5.68 Å². The third-order valence-corrected chi connectivity index (χ3v) is 2.92. The minimum absolute atomic E-state index is 0.0330. The fourth-order valence-corrected chi connectivity index (χ4v) is 1.76. The second-order valence-electron chi connectivity index (χ2n) is 2.57. The Bertz CT molecular complexity index is 242. The van der Waals surface area contributed by atoms with Gasteiger partial charge in [-0.15, -0.1) is 0 Å². The summed E-state index contributed by atoms with van der Waals surface area (Å²) in [5.74, 6) is 0.106. The Hall–Kier alpha value is -0.325. The zero-order valence-electron chi connectivity index (χ0n) is 6.37. The predicted octanol–water partition coefficient (Wildman–Crippen LogP) is 0.579. The molecular formula is C7H7BINO2. The van der Waals surface area contributed by atoms with Crippen LogP contribution in [0.2, 0.25) is 0 Å². The first-order valence-corrected chi connectivity index (χ1v) is 4.53. The number of carbonyl (C=O) groups excluding carboxylic acids is 2. The molecule has 0 aromatic heterocycles. The van der Waals surface area contributed by atoms with Crippen molar-refractivity contribution in [3.8, 4) is 0 Å². The van der Waals surface area contributed by atoms with Crippen molar-refractivity contribution in [2.24, 2.45) is 0 Å². The molecule has 62 valence electrons. The smallest absolute Gasteiger partial charge is 0.231 e. The van der Waals surface area contributed by atoms with E-state index in [1.807, 2.05) is 22.9 Å². The monoisotopic (exact) mass is 275 g/mol. The average Bonchev–Trinajstić information content (AvgIpc) is 2.30. The molecule has 0 aromatic rings. The topological polar surface area (TPSA) is 37.4 Å². The van der Waals surface area contributed by atoms with Gasteiger partial charge in [-0.05, 0) is 12.5 Å². The van der Waals surface area contributed by atoms with Crippen molar-refractivity contribution in [2.75, 3.05) is 0 Å². The maximum atomic E-state index is 11.0. The molecule has 1 heterocycles. The van der Waals surface area contributed by atoms with E-state index in [1.54, 1.807) is 9.19 Å². The van der Waals surface area contributed by atoms with Crippen molar-refractivity contribution in [3.05, 3.63) is 12.2 Å². The van der Waals surface area contributed by atoms with Crippen molar-refractivity contribution in [1.82, 2.24) is 3.11 Å². The molecule has 5 heteroatoms. The molecule has 0 spiro atoms. The fraction of sp³-hybridized carbons (Fsp3) is 0.429. The van der Waals surface area contributed by atoms with Crippen LogP contribution >= 0.6 is 22.9 Å². The van der Waals surface area contributed by atoms with Crippen molar-refractivity contribution < 1.29 is 9.59 Å². The van der Waals surface area contributed by atoms with E-state index in [0.717, 1.165) is 6.42 Å². The number of carbonyl (C=O) groups is 2. The number of rotatable bonds is 2. The predicted molar refractivity (Wildman–Crippen MR) is 53.8 cm³/mol. The van der Waals surface area contributed by atoms with Gasteiger partial charge in [-0.3, -0.25) is 7.91 Å². The number of amides is 1. The van der Waals surface area contributed by atoms with E-state index in [-0.39, 0.29) is 11.9 Å². The maximum Gasteiger partial charge on any atom is 0.231 e. The normalized spacial score (nSPS) is 23.9. The quantitative estimate of drug-likeness (QED) is 0.320. The number of nitrogens with zero attached hydrogens (tertiary/aromatic N) is 1. The largest absolute Gasteiger partial charge is 0.308 e. The van der Waals surface area contributed by atoms with Gasteiger partial charge < -0.3 is 4.79 Å². The Morgan fingerprint density at radius 1 is 1.75 bits per heavy atom. The molecule has 0 saturated carbocycles. The molecule has 1 rings (SSSR count). The molecule has 1 fully saturated rings. The molecular weight excluding hydrogens is 268 g/mol. The fourth-order valence-electron chi connectivity index (χ4n) is 1.05. The van der Waals surface area contributed by atoms with Crippen LogP contribution in [0.25, 0.3) is 0 Å². The number of hydrogen-bond donors (Lipinski definition) is 0. The Morgan fingerprint density at radius 3 is 2.83 bits per heavy atom. The van der Waals surface area contributed by atoms with Crippen LogP contribution in [0, 0.1) is 0 Å². The summed E-state index contributed by atoms with van der Waals surface area (Å²) in [6.07, 6.45) is 4.29. The van der Waals surface area contributed by atoms with Crippen molar-refractivity contribution in [2.45, 2.75) is 18.9 Å². The van der Waals surface area contributed by atoms with Crippen LogP contribution < -0.4 is 0 Å². The minimum Gasteiger partial charge on any atom is -0.308 e. The van der Waals surface area contributed by atoms with Gasteiger partial charge in [0.05, 0.1) is 34.6 Å². The summed E-state index contributed by atoms with van der Waals surface area (Å²) in [5, 5.41) is 0. The zero-order valence-corrected chi connectivity index (χ0v) is 8.52. The van der Waals surface area contributed by atoms with Crippen molar-refractivity contribution in [1.29, 1.82) is 0 Å². The van der Waals surface area contributed by atoms with E-state index in [4.69, 9.17) is 7.85 Å². The Kier molecular flexibility index (Phi) is 3.31. The second-order valence-corrected chi connectivity index (χ2v) is 3.61. The lowest BCUT2D eigenvalue weighted by atomic mass is 10.0. The van der Waals surface area contributed by atoms with Crippen molar-refractivity contribution >= 4 is 42.3 Å². The first kappa shape index (κ1) is 9.76. The lowest BCUT2D eigenvalue weighted by molar-refractivity contribution is -0.123. The molecule has 0 N–H and O–H groups in total. The highest BCUT2D eigenvalue weighted by atomic mass is 127. The molecule has 0 aromatic carbocycles. The molecule has 1 aliphatic heterocycles. The lowest BCUT2D eigenvalue weighted by Gasteiger charge is -2.12. The van der Waals surface area contributed by atoms with Gasteiger partial charge in [0.1, 0.15) is 0 Å². The summed E-state index contributed by atoms with van der Waals surface area (Å²) in [6, 6.07) is 0.0330. The van der Waals surface area contributed by atoms with Gasteiger partial charge in [-0.25, -0.2) is 0 Å². The van der Waals surface area contributed by atoms with E-state index in [2.05, 4.69) is 0 Å². The maximum absolute atomic E-state index is 11.0. The standard InChI is InChI=1S/C7H7BINO2/c8-6(11)3-1-5-2-4-7(12)10(5)9/h1,3,5H,2,4H2/b3-1+/t5-/m0/s1. The third-order valence-electron chi connectivity index (χ3n) is 1.67. The van der Waals surface area contributed by atoms with Gasteiger partial charge in [0.25, 0.3) is 0 Å². The molecule has 1 atom stereocenters. The summed E-state index contributed by atoms with van der Waals surface area (Å²) >= 11 is 1.95. The number of hydrogen-bond acceptors (Lipinski definition) is 2. The summed E-state index contributed by atoms with van der Waals surface area (Å²) in [7, 11) is 4.92. The van der Waals surface area contributed by atoms with E-state index in [1.165, 1.54) is 6.08 Å². The van der Waals surface area contributed by atoms with Crippen LogP contribution in [0.1, 0.15) is 12.8 Å². The van der Waals surface area contributed by atoms with Crippen molar-refractivity contribution in [3.63, 3.8) is 0 Å². The molecule has 2 radical (unpaired) electrons. The molecule has 0 unspecified atom stereocenters. The second kappa shape index (κ2) is 4.07. The highest BCUT2D eigenvalue weighted by molar-refractivity contribution is 14.1. The van der Waals surface area contributed by atoms with E-state index >= 15 is 0 Å². The third kappa shape index (κ3) is 2.33. The van der Waals surface area contributed by atoms with E-state index in [9.17, 15) is 9.59 Å². The first-order valence-electron chi connectivity index (χ1n) is 3.56. The summed E-state index contributed by atoms with van der Waals surface area (Å²) in [5.41, 5.74) is -0.473. The lowest BCUT2D eigenvalue weighted by Crippen LogP contribution is -2.20. The molecule has 0 aliphatic carbocycles. The average molecular weight is 275 g/mol. The van der Waals surface area contributed by atoms with Gasteiger partial charge in [0.2, 0.25) is 5.91 Å². The molecule has 1 amide bonds. The first-order chi connectivity index (χ1) is 5.61. The Balaban J connectivity index is 2.55. The molecule has 0 bridgehead atoms. The zero-order chi connectivity index (χ0) is 9.14. The van der Waals surface area contributed by atoms with Gasteiger partial charge in [-0.2, -0.15) is 0 Å². The van der Waals surface area contributed by atoms with Gasteiger partial charge in [0.15, 0.2) is 7.85 Å². The Labute approximate surface area is 86.1 Å². The molecule has 1 saturated heterocycles. The molecule has 1 aliphatic rings. The molecule has 3 nitrogen and oxygen atoms in total. The summed E-state index contributed by atoms with van der Waals surface area (Å²) in [6.45, 7) is 0. The van der Waals surface area contributed by atoms with Crippen LogP contribution in [0.15, 0.2) is 12.2 Å². The van der Waals surface area contributed by atoms with Crippen LogP contribution in [-0.4, -0.2) is 28.6 Å². The number of halogens is 1. The SMILES string of the molecule is [B]C(=O)/C=C/[C@H]1CCC(=O)N1I. The van der Waals surface area contributed by atoms with Gasteiger partial charge >= 0.3 is 0 Å². The van der Waals surface area contributed by atoms with E-state index in [0.29, 0.717) is 6.42 Å². The highest BCUT2D eigenvalue weighted by Gasteiger charge is 2.26. The summed E-state index contributed by atoms with van der Waals surface area (Å²) < 4.78 is 1.59. The van der Waals surface area contributed by atoms with Crippen LogP contribution in [0.3, 0.4) is 0 Å². The number of allylic oxidation sites excluding steroid dienone is 1. The van der Waals surface area contributed by atoms with Crippen LogP contribution in [-0.2, 0) is 9.59 Å². The highest BCUT2D eigenvalue weighted by Crippen LogP contribution is 2.23. The van der Waals surface area contributed by atoms with Gasteiger partial charge in [0, 0.05) is 6.42 Å². The van der Waals surface area contributed by atoms with Crippen LogP contribution in [0.4, 0.5) is 0 Å². The van der Waals surface area contributed by atoms with Crippen LogP contribution in [0.5, 0.6) is 0 Å². The Morgan fingerprint density at radius 2 is 2.42 bits per heavy atom. The van der Waals surface area contributed by atoms with Gasteiger partial charge in [-0.1, -0.05) is 6.08 Å². The minimum atomic E-state index is -0.473.